The van der Waals surface area contributed by atoms with Crippen molar-refractivity contribution in [2.24, 2.45) is 0 Å². The van der Waals surface area contributed by atoms with E-state index in [2.05, 4.69) is 9.97 Å². The highest BCUT2D eigenvalue weighted by atomic mass is 35.5. The molecule has 86 valence electrons. The van der Waals surface area contributed by atoms with Crippen LogP contribution in [0.3, 0.4) is 0 Å². The van der Waals surface area contributed by atoms with E-state index in [-0.39, 0.29) is 0 Å². The molecule has 2 rings (SSSR count). The number of aromatic nitrogens is 2. The highest BCUT2D eigenvalue weighted by Gasteiger charge is 2.00. The molecule has 0 fully saturated rings. The molecule has 4 heteroatoms. The van der Waals surface area contributed by atoms with E-state index < -0.39 is 0 Å². The molecular weight excluding hydrogens is 255 g/mol. The molecule has 0 spiro atoms. The molecule has 2 aromatic rings. The second kappa shape index (κ2) is 5.30. The molecule has 1 aromatic heterocycles. The lowest BCUT2D eigenvalue weighted by molar-refractivity contribution is 1.10. The van der Waals surface area contributed by atoms with Gasteiger partial charge in [0.25, 0.3) is 0 Å². The minimum atomic E-state index is 0.546. The van der Waals surface area contributed by atoms with Crippen molar-refractivity contribution in [3.05, 3.63) is 57.6 Å². The summed E-state index contributed by atoms with van der Waals surface area (Å²) in [4.78, 5) is 8.38. The Balaban J connectivity index is 2.29. The van der Waals surface area contributed by atoms with Gasteiger partial charge in [-0.05, 0) is 24.6 Å². The Bertz CT molecular complexity index is 565. The summed E-state index contributed by atoms with van der Waals surface area (Å²) in [5, 5.41) is 1.09. The molecule has 0 radical (unpaired) electrons. The second-order valence-corrected chi connectivity index (χ2v) is 4.35. The number of aryl methyl sites for hydroxylation is 1. The lowest BCUT2D eigenvalue weighted by atomic mass is 10.2. The van der Waals surface area contributed by atoms with Gasteiger partial charge in [-0.15, -0.1) is 0 Å². The maximum Gasteiger partial charge on any atom is 0.0816 e. The van der Waals surface area contributed by atoms with Gasteiger partial charge in [-0.1, -0.05) is 41.4 Å². The number of hydrogen-bond acceptors (Lipinski definition) is 2. The molecule has 0 saturated carbocycles. The predicted molar refractivity (Wildman–Crippen MR) is 72.2 cm³/mol. The molecule has 0 aliphatic carbocycles. The zero-order chi connectivity index (χ0) is 12.3. The first-order valence-corrected chi connectivity index (χ1v) is 5.83. The lowest BCUT2D eigenvalue weighted by Gasteiger charge is -2.00. The standard InChI is InChI=1S/C13H10Cl2N2/c1-9-7-16-8-11(17-9)6-5-10-3-2-4-12(14)13(10)15/h2-8H,1H3/b6-5+. The summed E-state index contributed by atoms with van der Waals surface area (Å²) < 4.78 is 0. The van der Waals surface area contributed by atoms with Gasteiger partial charge in [0.2, 0.25) is 0 Å². The normalized spacial score (nSPS) is 11.0. The lowest BCUT2D eigenvalue weighted by Crippen LogP contribution is -1.86. The smallest absolute Gasteiger partial charge is 0.0816 e. The van der Waals surface area contributed by atoms with E-state index in [1.165, 1.54) is 0 Å². The van der Waals surface area contributed by atoms with Crippen LogP contribution in [0.1, 0.15) is 17.0 Å². The number of hydrogen-bond donors (Lipinski definition) is 0. The van der Waals surface area contributed by atoms with Crippen LogP contribution in [-0.2, 0) is 0 Å². The van der Waals surface area contributed by atoms with E-state index in [1.807, 2.05) is 31.2 Å². The summed E-state index contributed by atoms with van der Waals surface area (Å²) in [5.41, 5.74) is 2.54. The maximum absolute atomic E-state index is 6.07. The van der Waals surface area contributed by atoms with Crippen molar-refractivity contribution in [1.82, 2.24) is 9.97 Å². The monoisotopic (exact) mass is 264 g/mol. The van der Waals surface area contributed by atoms with E-state index in [9.17, 15) is 0 Å². The Hall–Kier alpha value is -1.38. The van der Waals surface area contributed by atoms with Crippen LogP contribution >= 0.6 is 23.2 Å². The Morgan fingerprint density at radius 3 is 2.71 bits per heavy atom. The average Bonchev–Trinajstić information content (AvgIpc) is 2.31. The molecule has 1 aromatic carbocycles. The molecule has 0 unspecified atom stereocenters. The van der Waals surface area contributed by atoms with E-state index in [0.29, 0.717) is 10.0 Å². The van der Waals surface area contributed by atoms with E-state index >= 15 is 0 Å². The summed E-state index contributed by atoms with van der Waals surface area (Å²) >= 11 is 12.0. The van der Waals surface area contributed by atoms with Gasteiger partial charge in [-0.3, -0.25) is 9.97 Å². The number of nitrogens with zero attached hydrogens (tertiary/aromatic N) is 2. The highest BCUT2D eigenvalue weighted by Crippen LogP contribution is 2.26. The third-order valence-corrected chi connectivity index (χ3v) is 3.02. The van der Waals surface area contributed by atoms with Crippen LogP contribution in [0.2, 0.25) is 10.0 Å². The van der Waals surface area contributed by atoms with Gasteiger partial charge in [0, 0.05) is 6.20 Å². The number of rotatable bonds is 2. The second-order valence-electron chi connectivity index (χ2n) is 3.56. The molecular formula is C13H10Cl2N2. The van der Waals surface area contributed by atoms with E-state index in [4.69, 9.17) is 23.2 Å². The Morgan fingerprint density at radius 2 is 1.94 bits per heavy atom. The van der Waals surface area contributed by atoms with Crippen LogP contribution in [0.5, 0.6) is 0 Å². The molecule has 0 aliphatic rings. The van der Waals surface area contributed by atoms with E-state index in [1.54, 1.807) is 18.5 Å². The largest absolute Gasteiger partial charge is 0.261 e. The van der Waals surface area contributed by atoms with Crippen molar-refractivity contribution < 1.29 is 0 Å². The van der Waals surface area contributed by atoms with Gasteiger partial charge >= 0.3 is 0 Å². The van der Waals surface area contributed by atoms with Crippen LogP contribution in [-0.4, -0.2) is 9.97 Å². The molecule has 1 heterocycles. The maximum atomic E-state index is 6.07. The molecule has 0 saturated heterocycles. The zero-order valence-corrected chi connectivity index (χ0v) is 10.7. The minimum Gasteiger partial charge on any atom is -0.261 e. The first-order valence-electron chi connectivity index (χ1n) is 5.07. The summed E-state index contributed by atoms with van der Waals surface area (Å²) in [6.45, 7) is 1.90. The molecule has 0 amide bonds. The van der Waals surface area contributed by atoms with Gasteiger partial charge in [0.1, 0.15) is 0 Å². The van der Waals surface area contributed by atoms with Crippen molar-refractivity contribution in [1.29, 1.82) is 0 Å². The molecule has 0 bridgehead atoms. The third-order valence-electron chi connectivity index (χ3n) is 2.19. The summed E-state index contributed by atoms with van der Waals surface area (Å²) in [6.07, 6.45) is 7.14. The van der Waals surface area contributed by atoms with Crippen molar-refractivity contribution in [3.8, 4) is 0 Å². The molecule has 0 atom stereocenters. The van der Waals surface area contributed by atoms with Crippen molar-refractivity contribution in [2.45, 2.75) is 6.92 Å². The quantitative estimate of drug-likeness (QED) is 0.810. The van der Waals surface area contributed by atoms with Crippen molar-refractivity contribution in [3.63, 3.8) is 0 Å². The fourth-order valence-corrected chi connectivity index (χ4v) is 1.76. The first kappa shape index (κ1) is 12.1. The Labute approximate surface area is 110 Å². The molecule has 0 aliphatic heterocycles. The van der Waals surface area contributed by atoms with Gasteiger partial charge < -0.3 is 0 Å². The van der Waals surface area contributed by atoms with Crippen LogP contribution < -0.4 is 0 Å². The van der Waals surface area contributed by atoms with Gasteiger partial charge in [0.05, 0.1) is 27.6 Å². The van der Waals surface area contributed by atoms with Crippen molar-refractivity contribution in [2.75, 3.05) is 0 Å². The predicted octanol–water partition coefficient (Wildman–Crippen LogP) is 4.26. The summed E-state index contributed by atoms with van der Waals surface area (Å²) in [6, 6.07) is 5.51. The topological polar surface area (TPSA) is 25.8 Å². The Kier molecular flexibility index (Phi) is 3.77. The van der Waals surface area contributed by atoms with Crippen LogP contribution in [0.4, 0.5) is 0 Å². The van der Waals surface area contributed by atoms with Gasteiger partial charge in [-0.2, -0.15) is 0 Å². The average molecular weight is 265 g/mol. The number of halogens is 2. The molecule has 2 nitrogen and oxygen atoms in total. The highest BCUT2D eigenvalue weighted by molar-refractivity contribution is 6.42. The first-order chi connectivity index (χ1) is 8.16. The van der Waals surface area contributed by atoms with Crippen LogP contribution in [0, 0.1) is 6.92 Å². The van der Waals surface area contributed by atoms with E-state index in [0.717, 1.165) is 17.0 Å². The zero-order valence-electron chi connectivity index (χ0n) is 9.19. The molecule has 17 heavy (non-hydrogen) atoms. The SMILES string of the molecule is Cc1cncc(/C=C/c2cccc(Cl)c2Cl)n1. The fourth-order valence-electron chi connectivity index (χ4n) is 1.39. The Morgan fingerprint density at radius 1 is 1.12 bits per heavy atom. The van der Waals surface area contributed by atoms with Crippen molar-refractivity contribution >= 4 is 35.4 Å². The molecule has 0 N–H and O–H groups in total. The summed E-state index contributed by atoms with van der Waals surface area (Å²) in [7, 11) is 0. The van der Waals surface area contributed by atoms with Gasteiger partial charge in [0.15, 0.2) is 0 Å². The fraction of sp³-hybridized carbons (Fsp3) is 0.0769. The summed E-state index contributed by atoms with van der Waals surface area (Å²) in [5.74, 6) is 0. The third kappa shape index (κ3) is 3.05. The number of benzene rings is 1. The van der Waals surface area contributed by atoms with Gasteiger partial charge in [-0.25, -0.2) is 0 Å². The van der Waals surface area contributed by atoms with Crippen LogP contribution in [0.15, 0.2) is 30.6 Å². The minimum absolute atomic E-state index is 0.546. The van der Waals surface area contributed by atoms with Crippen LogP contribution in [0.25, 0.3) is 12.2 Å².